The van der Waals surface area contributed by atoms with E-state index in [4.69, 9.17) is 0 Å². The summed E-state index contributed by atoms with van der Waals surface area (Å²) in [4.78, 5) is 4.17. The van der Waals surface area contributed by atoms with Crippen molar-refractivity contribution in [2.45, 2.75) is 13.0 Å². The number of hydrogen-bond donors (Lipinski definition) is 1. The molecule has 4 heteroatoms. The summed E-state index contributed by atoms with van der Waals surface area (Å²) in [6.07, 6.45) is 3.57. The summed E-state index contributed by atoms with van der Waals surface area (Å²) in [7, 11) is 0. The lowest BCUT2D eigenvalue weighted by Crippen LogP contribution is -2.22. The maximum Gasteiger partial charge on any atom is 0.123 e. The average Bonchev–Trinajstić information content (AvgIpc) is 2.37. The normalized spacial score (nSPS) is 12.4. The zero-order chi connectivity index (χ0) is 13.0. The number of pyridine rings is 1. The molecule has 0 aliphatic heterocycles. The van der Waals surface area contributed by atoms with Gasteiger partial charge in [0.1, 0.15) is 5.82 Å². The van der Waals surface area contributed by atoms with Gasteiger partial charge in [-0.1, -0.05) is 19.1 Å². The Balaban J connectivity index is 2.36. The third-order valence-electron chi connectivity index (χ3n) is 2.67. The van der Waals surface area contributed by atoms with Crippen LogP contribution in [-0.2, 0) is 0 Å². The molecule has 1 atom stereocenters. The molecule has 0 fully saturated rings. The highest BCUT2D eigenvalue weighted by molar-refractivity contribution is 9.10. The van der Waals surface area contributed by atoms with Crippen LogP contribution < -0.4 is 5.32 Å². The van der Waals surface area contributed by atoms with E-state index in [2.05, 4.69) is 26.2 Å². The summed E-state index contributed by atoms with van der Waals surface area (Å²) in [5.41, 5.74) is 2.08. The number of rotatable bonds is 4. The predicted molar refractivity (Wildman–Crippen MR) is 73.9 cm³/mol. The minimum Gasteiger partial charge on any atom is -0.306 e. The highest BCUT2D eigenvalue weighted by Gasteiger charge is 2.13. The number of benzene rings is 1. The number of nitrogens with zero attached hydrogens (tertiary/aromatic N) is 1. The van der Waals surface area contributed by atoms with Gasteiger partial charge < -0.3 is 5.32 Å². The molecular weight excluding hydrogens is 295 g/mol. The van der Waals surface area contributed by atoms with Gasteiger partial charge in [-0.2, -0.15) is 0 Å². The average molecular weight is 309 g/mol. The summed E-state index contributed by atoms with van der Waals surface area (Å²) in [6, 6.07) is 8.59. The van der Waals surface area contributed by atoms with Gasteiger partial charge in [-0.05, 0) is 51.8 Å². The van der Waals surface area contributed by atoms with Crippen molar-refractivity contribution in [1.82, 2.24) is 10.3 Å². The van der Waals surface area contributed by atoms with E-state index in [1.54, 1.807) is 18.3 Å². The van der Waals surface area contributed by atoms with Crippen LogP contribution in [0.5, 0.6) is 0 Å². The first kappa shape index (κ1) is 13.2. The highest BCUT2D eigenvalue weighted by atomic mass is 79.9. The quantitative estimate of drug-likeness (QED) is 0.932. The van der Waals surface area contributed by atoms with E-state index >= 15 is 0 Å². The third kappa shape index (κ3) is 3.15. The fourth-order valence-corrected chi connectivity index (χ4v) is 2.26. The van der Waals surface area contributed by atoms with Gasteiger partial charge in [0.15, 0.2) is 0 Å². The molecule has 0 radical (unpaired) electrons. The van der Waals surface area contributed by atoms with Crippen molar-refractivity contribution in [2.24, 2.45) is 0 Å². The maximum atomic E-state index is 13.0. The molecule has 18 heavy (non-hydrogen) atoms. The molecule has 94 valence electrons. The molecule has 0 saturated heterocycles. The van der Waals surface area contributed by atoms with Crippen LogP contribution in [0.15, 0.2) is 47.2 Å². The van der Waals surface area contributed by atoms with Crippen molar-refractivity contribution in [2.75, 3.05) is 6.54 Å². The fraction of sp³-hybridized carbons (Fsp3) is 0.214. The van der Waals surface area contributed by atoms with Crippen LogP contribution in [0.1, 0.15) is 24.1 Å². The second-order valence-corrected chi connectivity index (χ2v) is 4.89. The molecule has 0 bridgehead atoms. The molecule has 0 saturated carbocycles. The van der Waals surface area contributed by atoms with E-state index in [1.165, 1.54) is 12.1 Å². The lowest BCUT2D eigenvalue weighted by molar-refractivity contribution is 0.612. The molecule has 1 unspecified atom stereocenters. The van der Waals surface area contributed by atoms with Crippen molar-refractivity contribution in [1.29, 1.82) is 0 Å². The minimum absolute atomic E-state index is 0.0283. The predicted octanol–water partition coefficient (Wildman–Crippen LogP) is 3.68. The Kier molecular flexibility index (Phi) is 4.44. The van der Waals surface area contributed by atoms with Gasteiger partial charge in [0.2, 0.25) is 0 Å². The molecule has 2 rings (SSSR count). The molecule has 1 aromatic heterocycles. The van der Waals surface area contributed by atoms with Crippen LogP contribution in [0.25, 0.3) is 0 Å². The Hall–Kier alpha value is -1.26. The van der Waals surface area contributed by atoms with Gasteiger partial charge in [-0.15, -0.1) is 0 Å². The summed E-state index contributed by atoms with van der Waals surface area (Å²) in [6.45, 7) is 2.87. The SMILES string of the molecule is CCNC(c1ccc(F)cc1)c1cncc(Br)c1. The van der Waals surface area contributed by atoms with E-state index in [-0.39, 0.29) is 11.9 Å². The van der Waals surface area contributed by atoms with Crippen molar-refractivity contribution < 1.29 is 4.39 Å². The Morgan fingerprint density at radius 3 is 2.56 bits per heavy atom. The van der Waals surface area contributed by atoms with E-state index in [0.29, 0.717) is 0 Å². The first-order valence-electron chi connectivity index (χ1n) is 5.80. The molecule has 2 nitrogen and oxygen atoms in total. The second kappa shape index (κ2) is 6.07. The Bertz CT molecular complexity index is 513. The molecular formula is C14H14BrFN2. The smallest absolute Gasteiger partial charge is 0.123 e. The summed E-state index contributed by atoms with van der Waals surface area (Å²) < 4.78 is 13.9. The number of halogens is 2. The Labute approximate surface area is 114 Å². The minimum atomic E-state index is -0.221. The van der Waals surface area contributed by atoms with Crippen LogP contribution in [0.2, 0.25) is 0 Å². The molecule has 0 amide bonds. The largest absolute Gasteiger partial charge is 0.306 e. The lowest BCUT2D eigenvalue weighted by atomic mass is 10.0. The molecule has 1 N–H and O–H groups in total. The zero-order valence-electron chi connectivity index (χ0n) is 10.0. The van der Waals surface area contributed by atoms with E-state index in [1.807, 2.05) is 19.2 Å². The highest BCUT2D eigenvalue weighted by Crippen LogP contribution is 2.23. The number of nitrogens with one attached hydrogen (secondary N) is 1. The Morgan fingerprint density at radius 1 is 1.22 bits per heavy atom. The summed E-state index contributed by atoms with van der Waals surface area (Å²) in [5.74, 6) is -0.221. The first-order chi connectivity index (χ1) is 8.70. The van der Waals surface area contributed by atoms with E-state index in [9.17, 15) is 4.39 Å². The van der Waals surface area contributed by atoms with Crippen molar-refractivity contribution in [3.05, 3.63) is 64.1 Å². The second-order valence-electron chi connectivity index (χ2n) is 3.98. The monoisotopic (exact) mass is 308 g/mol. The van der Waals surface area contributed by atoms with Crippen molar-refractivity contribution >= 4 is 15.9 Å². The molecule has 0 aliphatic rings. The van der Waals surface area contributed by atoms with Gasteiger partial charge in [-0.25, -0.2) is 4.39 Å². The number of aromatic nitrogens is 1. The standard InChI is InChI=1S/C14H14BrFN2/c1-2-18-14(10-3-5-13(16)6-4-10)11-7-12(15)9-17-8-11/h3-9,14,18H,2H2,1H3. The summed E-state index contributed by atoms with van der Waals surface area (Å²) >= 11 is 3.42. The first-order valence-corrected chi connectivity index (χ1v) is 6.59. The number of hydrogen-bond acceptors (Lipinski definition) is 2. The zero-order valence-corrected chi connectivity index (χ0v) is 11.6. The van der Waals surface area contributed by atoms with Gasteiger partial charge in [0, 0.05) is 16.9 Å². The third-order valence-corrected chi connectivity index (χ3v) is 3.10. The van der Waals surface area contributed by atoms with Gasteiger partial charge in [0.05, 0.1) is 6.04 Å². The molecule has 1 aromatic carbocycles. The maximum absolute atomic E-state index is 13.0. The van der Waals surface area contributed by atoms with Crippen LogP contribution in [0.3, 0.4) is 0 Å². The molecule has 0 aliphatic carbocycles. The summed E-state index contributed by atoms with van der Waals surface area (Å²) in [5, 5.41) is 3.38. The van der Waals surface area contributed by atoms with Crippen molar-refractivity contribution in [3.8, 4) is 0 Å². The van der Waals surface area contributed by atoms with Crippen LogP contribution >= 0.6 is 15.9 Å². The van der Waals surface area contributed by atoms with Gasteiger partial charge >= 0.3 is 0 Å². The fourth-order valence-electron chi connectivity index (χ4n) is 1.87. The Morgan fingerprint density at radius 2 is 1.94 bits per heavy atom. The van der Waals surface area contributed by atoms with E-state index < -0.39 is 0 Å². The molecule has 2 aromatic rings. The van der Waals surface area contributed by atoms with Crippen LogP contribution in [0, 0.1) is 5.82 Å². The van der Waals surface area contributed by atoms with Gasteiger partial charge in [0.25, 0.3) is 0 Å². The van der Waals surface area contributed by atoms with Crippen molar-refractivity contribution in [3.63, 3.8) is 0 Å². The topological polar surface area (TPSA) is 24.9 Å². The molecule has 1 heterocycles. The van der Waals surface area contributed by atoms with Crippen LogP contribution in [-0.4, -0.2) is 11.5 Å². The lowest BCUT2D eigenvalue weighted by Gasteiger charge is -2.18. The molecule has 0 spiro atoms. The van der Waals surface area contributed by atoms with E-state index in [0.717, 1.165) is 22.1 Å². The van der Waals surface area contributed by atoms with Crippen LogP contribution in [0.4, 0.5) is 4.39 Å². The van der Waals surface area contributed by atoms with Gasteiger partial charge in [-0.3, -0.25) is 4.98 Å².